The fraction of sp³-hybridized carbons (Fsp3) is 0.536. The van der Waals surface area contributed by atoms with Gasteiger partial charge in [-0.05, 0) is 92.1 Å². The molecule has 2 unspecified atom stereocenters. The molecule has 178 valence electrons. The normalized spacial score (nSPS) is 20.3. The molecule has 1 N–H and O–H groups in total. The molecule has 3 nitrogen and oxygen atoms in total. The van der Waals surface area contributed by atoms with Crippen LogP contribution < -0.4 is 10.2 Å². The molecule has 1 aliphatic carbocycles. The highest BCUT2D eigenvalue weighted by Gasteiger charge is 2.29. The van der Waals surface area contributed by atoms with Crippen molar-refractivity contribution in [1.82, 2.24) is 4.90 Å². The van der Waals surface area contributed by atoms with Crippen LogP contribution in [0.15, 0.2) is 36.4 Å². The number of halogens is 1. The van der Waals surface area contributed by atoms with Crippen LogP contribution in [0.25, 0.3) is 0 Å². The summed E-state index contributed by atoms with van der Waals surface area (Å²) >= 11 is 12.4. The molecule has 2 aromatic carbocycles. The third-order valence-corrected chi connectivity index (χ3v) is 8.19. The molecule has 2 atom stereocenters. The van der Waals surface area contributed by atoms with Crippen molar-refractivity contribution in [3.8, 4) is 0 Å². The fourth-order valence-electron chi connectivity index (χ4n) is 5.55. The second-order valence-corrected chi connectivity index (χ2v) is 10.6. The molecular formula is C28H38ClN3S. The highest BCUT2D eigenvalue weighted by Crippen LogP contribution is 2.33. The molecule has 1 heterocycles. The predicted octanol–water partition coefficient (Wildman–Crippen LogP) is 7.59. The molecule has 0 saturated heterocycles. The second kappa shape index (κ2) is 11.1. The van der Waals surface area contributed by atoms with Gasteiger partial charge in [-0.15, -0.1) is 0 Å². The predicted molar refractivity (Wildman–Crippen MR) is 147 cm³/mol. The van der Waals surface area contributed by atoms with Gasteiger partial charge in [0.25, 0.3) is 0 Å². The Balaban J connectivity index is 1.59. The molecule has 0 aromatic heterocycles. The average Bonchev–Trinajstić information content (AvgIpc) is 2.81. The van der Waals surface area contributed by atoms with E-state index in [9.17, 15) is 0 Å². The van der Waals surface area contributed by atoms with Crippen molar-refractivity contribution in [2.24, 2.45) is 5.92 Å². The van der Waals surface area contributed by atoms with Gasteiger partial charge in [0.2, 0.25) is 0 Å². The summed E-state index contributed by atoms with van der Waals surface area (Å²) in [4.78, 5) is 5.01. The van der Waals surface area contributed by atoms with E-state index < -0.39 is 0 Å². The van der Waals surface area contributed by atoms with Gasteiger partial charge < -0.3 is 15.1 Å². The number of anilines is 2. The SMILES string of the molecule is CCCN1CCCc2cc(CN(C(=S)Nc3cccc(Cl)c3C)C3CCCCC3C)ccc21. The van der Waals surface area contributed by atoms with Crippen LogP contribution in [0.5, 0.6) is 0 Å². The Morgan fingerprint density at radius 2 is 2.00 bits per heavy atom. The minimum absolute atomic E-state index is 0.464. The smallest absolute Gasteiger partial charge is 0.173 e. The monoisotopic (exact) mass is 483 g/mol. The Labute approximate surface area is 210 Å². The number of nitrogens with one attached hydrogen (secondary N) is 1. The summed E-state index contributed by atoms with van der Waals surface area (Å²) in [6, 6.07) is 13.5. The van der Waals surface area contributed by atoms with Gasteiger partial charge in [-0.3, -0.25) is 0 Å². The molecule has 5 heteroatoms. The van der Waals surface area contributed by atoms with Gasteiger partial charge in [-0.1, -0.05) is 56.5 Å². The topological polar surface area (TPSA) is 18.5 Å². The lowest BCUT2D eigenvalue weighted by molar-refractivity contribution is 0.177. The second-order valence-electron chi connectivity index (χ2n) is 9.85. The van der Waals surface area contributed by atoms with Gasteiger partial charge in [0, 0.05) is 42.1 Å². The van der Waals surface area contributed by atoms with E-state index in [1.54, 1.807) is 0 Å². The molecule has 2 aromatic rings. The highest BCUT2D eigenvalue weighted by atomic mass is 35.5. The van der Waals surface area contributed by atoms with Gasteiger partial charge in [0.05, 0.1) is 0 Å². The standard InChI is InChI=1S/C28H38ClN3S/c1-4-16-31-17-8-10-23-18-22(14-15-27(23)31)19-32(26-13-6-5-9-20(26)2)28(33)30-25-12-7-11-24(29)21(25)3/h7,11-12,14-15,18,20,26H,4-6,8-10,13,16-17,19H2,1-3H3,(H,30,33). The van der Waals surface area contributed by atoms with Crippen LogP contribution in [0.4, 0.5) is 11.4 Å². The minimum atomic E-state index is 0.464. The van der Waals surface area contributed by atoms with Crippen LogP contribution in [0, 0.1) is 12.8 Å². The van der Waals surface area contributed by atoms with E-state index in [0.29, 0.717) is 12.0 Å². The Hall–Kier alpha value is -1.78. The largest absolute Gasteiger partial charge is 0.371 e. The summed E-state index contributed by atoms with van der Waals surface area (Å²) in [5.41, 5.74) is 6.33. The lowest BCUT2D eigenvalue weighted by Crippen LogP contribution is -2.46. The Morgan fingerprint density at radius 3 is 2.79 bits per heavy atom. The van der Waals surface area contributed by atoms with E-state index in [-0.39, 0.29) is 0 Å². The molecule has 33 heavy (non-hydrogen) atoms. The number of fused-ring (bicyclic) bond motifs is 1. The van der Waals surface area contributed by atoms with Crippen molar-refractivity contribution in [2.45, 2.75) is 78.3 Å². The van der Waals surface area contributed by atoms with Gasteiger partial charge in [-0.25, -0.2) is 0 Å². The fourth-order valence-corrected chi connectivity index (χ4v) is 6.04. The van der Waals surface area contributed by atoms with E-state index in [1.807, 2.05) is 19.1 Å². The molecule has 4 rings (SSSR count). The summed E-state index contributed by atoms with van der Waals surface area (Å²) < 4.78 is 0. The Kier molecular flexibility index (Phi) is 8.19. The highest BCUT2D eigenvalue weighted by molar-refractivity contribution is 7.80. The lowest BCUT2D eigenvalue weighted by atomic mass is 9.84. The average molecular weight is 484 g/mol. The van der Waals surface area contributed by atoms with Crippen molar-refractivity contribution >= 4 is 40.3 Å². The molecule has 1 saturated carbocycles. The minimum Gasteiger partial charge on any atom is -0.371 e. The maximum atomic E-state index is 6.38. The van der Waals surface area contributed by atoms with Gasteiger partial charge >= 0.3 is 0 Å². The summed E-state index contributed by atoms with van der Waals surface area (Å²) in [5.74, 6) is 0.636. The van der Waals surface area contributed by atoms with Gasteiger partial charge in [0.1, 0.15) is 0 Å². The van der Waals surface area contributed by atoms with Crippen LogP contribution >= 0.6 is 23.8 Å². The van der Waals surface area contributed by atoms with E-state index in [1.165, 1.54) is 68.3 Å². The van der Waals surface area contributed by atoms with Crippen molar-refractivity contribution in [1.29, 1.82) is 0 Å². The van der Waals surface area contributed by atoms with Crippen molar-refractivity contribution in [3.63, 3.8) is 0 Å². The molecule has 2 aliphatic rings. The number of benzene rings is 2. The molecule has 0 amide bonds. The lowest BCUT2D eigenvalue weighted by Gasteiger charge is -2.40. The molecular weight excluding hydrogens is 446 g/mol. The maximum Gasteiger partial charge on any atom is 0.173 e. The zero-order valence-corrected chi connectivity index (χ0v) is 21.9. The summed E-state index contributed by atoms with van der Waals surface area (Å²) in [6.07, 6.45) is 8.69. The third-order valence-electron chi connectivity index (χ3n) is 7.44. The summed E-state index contributed by atoms with van der Waals surface area (Å²) in [5, 5.41) is 5.12. The first kappa shape index (κ1) is 24.3. The number of nitrogens with zero attached hydrogens (tertiary/aromatic N) is 2. The number of aryl methyl sites for hydroxylation is 1. The van der Waals surface area contributed by atoms with Gasteiger partial charge in [0.15, 0.2) is 5.11 Å². The molecule has 0 radical (unpaired) electrons. The molecule has 0 spiro atoms. The zero-order valence-electron chi connectivity index (χ0n) is 20.4. The molecule has 0 bridgehead atoms. The maximum absolute atomic E-state index is 6.38. The van der Waals surface area contributed by atoms with E-state index in [0.717, 1.165) is 34.5 Å². The first-order valence-electron chi connectivity index (χ1n) is 12.7. The van der Waals surface area contributed by atoms with Crippen LogP contribution in [0.3, 0.4) is 0 Å². The Morgan fingerprint density at radius 1 is 1.18 bits per heavy atom. The number of hydrogen-bond donors (Lipinski definition) is 1. The van der Waals surface area contributed by atoms with Crippen LogP contribution in [-0.2, 0) is 13.0 Å². The van der Waals surface area contributed by atoms with Crippen molar-refractivity contribution < 1.29 is 0 Å². The first-order chi connectivity index (χ1) is 16.0. The quantitative estimate of drug-likeness (QED) is 0.426. The van der Waals surface area contributed by atoms with E-state index >= 15 is 0 Å². The van der Waals surface area contributed by atoms with Crippen LogP contribution in [-0.4, -0.2) is 29.1 Å². The van der Waals surface area contributed by atoms with E-state index in [4.69, 9.17) is 23.8 Å². The molecule has 1 aliphatic heterocycles. The van der Waals surface area contributed by atoms with Crippen LogP contribution in [0.2, 0.25) is 5.02 Å². The summed E-state index contributed by atoms with van der Waals surface area (Å²) in [6.45, 7) is 9.87. The van der Waals surface area contributed by atoms with Crippen LogP contribution in [0.1, 0.15) is 69.1 Å². The van der Waals surface area contributed by atoms with Gasteiger partial charge in [-0.2, -0.15) is 0 Å². The van der Waals surface area contributed by atoms with Crippen molar-refractivity contribution in [2.75, 3.05) is 23.3 Å². The molecule has 1 fully saturated rings. The van der Waals surface area contributed by atoms with E-state index in [2.05, 4.69) is 53.2 Å². The third kappa shape index (κ3) is 5.66. The first-order valence-corrected chi connectivity index (χ1v) is 13.5. The Bertz CT molecular complexity index is 976. The number of thiocarbonyl (C=S) groups is 1. The zero-order chi connectivity index (χ0) is 23.4. The van der Waals surface area contributed by atoms with Crippen molar-refractivity contribution in [3.05, 3.63) is 58.1 Å². The number of rotatable bonds is 6. The number of hydrogen-bond acceptors (Lipinski definition) is 2. The summed E-state index contributed by atoms with van der Waals surface area (Å²) in [7, 11) is 0.